The Kier molecular flexibility index (Phi) is 23.3. The van der Waals surface area contributed by atoms with E-state index in [1.807, 2.05) is 66.6 Å². The minimum atomic E-state index is 0. The predicted octanol–water partition coefficient (Wildman–Crippen LogP) is 3.70. The number of nitrogens with one attached hydrogen (secondary N) is 1. The van der Waals surface area contributed by atoms with Gasteiger partial charge in [-0.05, 0) is 43.5 Å². The fraction of sp³-hybridized carbons (Fsp3) is 0.379. The average Bonchev–Trinajstić information content (AvgIpc) is 3.71. The van der Waals surface area contributed by atoms with Crippen molar-refractivity contribution >= 4 is 0 Å². The smallest absolute Gasteiger partial charge is 0.693 e. The van der Waals surface area contributed by atoms with Crippen LogP contribution in [-0.4, -0.2) is 36.5 Å². The Balaban J connectivity index is 0.000000495. The molecule has 208 valence electrons. The fourth-order valence-corrected chi connectivity index (χ4v) is 3.59. The fourth-order valence-electron chi connectivity index (χ4n) is 3.59. The molecule has 4 N–H and O–H groups in total. The van der Waals surface area contributed by atoms with E-state index in [2.05, 4.69) is 29.9 Å². The zero-order chi connectivity index (χ0) is 25.4. The van der Waals surface area contributed by atoms with E-state index in [9.17, 15) is 5.11 Å². The van der Waals surface area contributed by atoms with Crippen LogP contribution in [0.1, 0.15) is 43.4 Å². The molecule has 0 bridgehead atoms. The Bertz CT molecular complexity index is 980. The van der Waals surface area contributed by atoms with Crippen molar-refractivity contribution in [3.63, 3.8) is 0 Å². The summed E-state index contributed by atoms with van der Waals surface area (Å²) >= 11 is 0. The zero-order valence-corrected chi connectivity index (χ0v) is 28.7. The number of phenolic OH excluding ortho intramolecular Hbond substituents is 1. The molecule has 39 heavy (non-hydrogen) atoms. The van der Waals surface area contributed by atoms with E-state index in [0.717, 1.165) is 56.5 Å². The predicted molar refractivity (Wildman–Crippen MR) is 148 cm³/mol. The van der Waals surface area contributed by atoms with Gasteiger partial charge >= 0.3 is 91.3 Å². The van der Waals surface area contributed by atoms with Crippen LogP contribution >= 0.6 is 0 Å². The number of benzene rings is 3. The quantitative estimate of drug-likeness (QED) is 0.401. The number of ether oxygens (including phenoxy) is 1. The van der Waals surface area contributed by atoms with E-state index < -0.39 is 0 Å². The molecule has 3 aromatic carbocycles. The van der Waals surface area contributed by atoms with Gasteiger partial charge in [0.1, 0.15) is 5.75 Å². The van der Waals surface area contributed by atoms with Crippen LogP contribution in [0.25, 0.3) is 11.5 Å². The standard InChI is InChI=1S/C9H11NO.C9H12NO.C7H7NO.C4H8O.Gd.K.H2N/c1-2-10-7-8-5-3-4-6-9(8)11-10;1-2-10-7-8-5-3-4-6-9(8)11;1-2-4-7-6(3-1)5-8-9-7;1-2-4-5-3-1;;;/h3-6H,2,7H2,1H3;3-6,11H,2,7H2,1H3;1-4,8H,5H2;1-4H2;;;1H2/q;-1;;;+2;+1;-1. The Labute approximate surface area is 308 Å². The molecule has 6 rings (SSSR count). The normalized spacial score (nSPS) is 13.8. The second-order valence-electron chi connectivity index (χ2n) is 8.33. The van der Waals surface area contributed by atoms with Crippen molar-refractivity contribution in [2.75, 3.05) is 26.3 Å². The van der Waals surface area contributed by atoms with Crippen LogP contribution in [0.4, 0.5) is 0 Å². The van der Waals surface area contributed by atoms with Crippen molar-refractivity contribution in [1.29, 1.82) is 0 Å². The third-order valence-corrected chi connectivity index (χ3v) is 5.64. The summed E-state index contributed by atoms with van der Waals surface area (Å²) in [6.45, 7) is 10.2. The average molecular weight is 705 g/mol. The van der Waals surface area contributed by atoms with E-state index >= 15 is 0 Å². The number of nitrogens with two attached hydrogens (primary N) is 1. The molecule has 0 unspecified atom stereocenters. The van der Waals surface area contributed by atoms with Crippen LogP contribution in [0.2, 0.25) is 0 Å². The maximum Gasteiger partial charge on any atom is 2.00 e. The minimum absolute atomic E-state index is 0. The van der Waals surface area contributed by atoms with Crippen LogP contribution in [0.5, 0.6) is 17.2 Å². The molecule has 0 aliphatic carbocycles. The van der Waals surface area contributed by atoms with Crippen molar-refractivity contribution in [3.05, 3.63) is 101 Å². The molecule has 3 aliphatic rings. The number of hydrogen-bond acceptors (Lipinski definition) is 6. The van der Waals surface area contributed by atoms with Crippen molar-refractivity contribution in [2.24, 2.45) is 0 Å². The van der Waals surface area contributed by atoms with Gasteiger partial charge in [-0.1, -0.05) is 61.5 Å². The number of fused-ring (bicyclic) bond motifs is 2. The van der Waals surface area contributed by atoms with Gasteiger partial charge in [-0.2, -0.15) is 12.0 Å². The molecule has 1 saturated heterocycles. The van der Waals surface area contributed by atoms with Gasteiger partial charge in [0.2, 0.25) is 0 Å². The van der Waals surface area contributed by atoms with Gasteiger partial charge < -0.3 is 31.0 Å². The third kappa shape index (κ3) is 14.5. The number of phenols is 1. The van der Waals surface area contributed by atoms with Gasteiger partial charge in [0.05, 0.1) is 13.1 Å². The van der Waals surface area contributed by atoms with Crippen LogP contribution in [0.3, 0.4) is 0 Å². The van der Waals surface area contributed by atoms with E-state index in [1.165, 1.54) is 24.0 Å². The molecule has 0 atom stereocenters. The van der Waals surface area contributed by atoms with Gasteiger partial charge in [0.15, 0.2) is 11.5 Å². The first-order valence-electron chi connectivity index (χ1n) is 12.7. The maximum atomic E-state index is 9.28. The molecular formula is C29H40GdKN4O4+. The van der Waals surface area contributed by atoms with Gasteiger partial charge in [-0.3, -0.25) is 0 Å². The summed E-state index contributed by atoms with van der Waals surface area (Å²) in [6, 6.07) is 23.4. The molecule has 0 saturated carbocycles. The van der Waals surface area contributed by atoms with Crippen LogP contribution < -0.4 is 66.5 Å². The molecule has 3 aliphatic heterocycles. The topological polar surface area (TPSA) is 111 Å². The molecule has 0 radical (unpaired) electrons. The van der Waals surface area contributed by atoms with Gasteiger partial charge in [0.25, 0.3) is 0 Å². The molecule has 1 fully saturated rings. The monoisotopic (exact) mass is 705 g/mol. The maximum absolute atomic E-state index is 9.28. The summed E-state index contributed by atoms with van der Waals surface area (Å²) in [5.41, 5.74) is 6.21. The molecule has 0 amide bonds. The van der Waals surface area contributed by atoms with Crippen molar-refractivity contribution in [3.8, 4) is 17.2 Å². The summed E-state index contributed by atoms with van der Waals surface area (Å²) in [6.07, 6.45) is 2.56. The largest absolute Gasteiger partial charge is 2.00 e. The molecule has 0 spiro atoms. The number of aromatic hydroxyl groups is 1. The first-order valence-corrected chi connectivity index (χ1v) is 12.7. The molecule has 3 aromatic rings. The zero-order valence-electron chi connectivity index (χ0n) is 23.3. The molecule has 0 aromatic heterocycles. The summed E-state index contributed by atoms with van der Waals surface area (Å²) in [4.78, 5) is 10.5. The summed E-state index contributed by atoms with van der Waals surface area (Å²) in [5.74, 6) is 2.30. The number of para-hydroxylation sites is 3. The Morgan fingerprint density at radius 3 is 2.05 bits per heavy atom. The number of hydrogen-bond donors (Lipinski definition) is 2. The Morgan fingerprint density at radius 1 is 0.872 bits per heavy atom. The Morgan fingerprint density at radius 2 is 1.49 bits per heavy atom. The van der Waals surface area contributed by atoms with Gasteiger partial charge in [-0.15, -0.1) is 11.6 Å². The second kappa shape index (κ2) is 23.4. The number of hydroxylamine groups is 3. The number of rotatable bonds is 4. The first-order chi connectivity index (χ1) is 17.7. The van der Waals surface area contributed by atoms with Crippen molar-refractivity contribution in [1.82, 2.24) is 10.5 Å². The number of nitrogens with zero attached hydrogens (tertiary/aromatic N) is 2. The summed E-state index contributed by atoms with van der Waals surface area (Å²) < 4.78 is 4.94. The molecule has 8 nitrogen and oxygen atoms in total. The van der Waals surface area contributed by atoms with E-state index in [1.54, 1.807) is 6.07 Å². The SMILES string of the molecule is C1CCOC1.CCN1Cc2ccccc2O1.CC[N-]Cc1ccccc1O.[Gd+2].[K+].[NH2-].c1ccc2c(c1)CNO2. The van der Waals surface area contributed by atoms with E-state index in [4.69, 9.17) is 14.4 Å². The van der Waals surface area contributed by atoms with Crippen LogP contribution in [-0.2, 0) is 24.4 Å². The Hall–Kier alpha value is -0.179. The summed E-state index contributed by atoms with van der Waals surface area (Å²) in [7, 11) is 0. The third-order valence-electron chi connectivity index (χ3n) is 5.64. The second-order valence-corrected chi connectivity index (χ2v) is 8.33. The minimum Gasteiger partial charge on any atom is -0.693 e. The van der Waals surface area contributed by atoms with E-state index in [-0.39, 0.29) is 97.5 Å². The first kappa shape index (κ1) is 38.8. The molecule has 10 heteroatoms. The van der Waals surface area contributed by atoms with Crippen LogP contribution in [0, 0.1) is 39.9 Å². The van der Waals surface area contributed by atoms with Crippen molar-refractivity contribution < 1.29 is 111 Å². The summed E-state index contributed by atoms with van der Waals surface area (Å²) in [5, 5.41) is 15.4. The van der Waals surface area contributed by atoms with Crippen LogP contribution in [0.15, 0.2) is 72.8 Å². The van der Waals surface area contributed by atoms with Gasteiger partial charge in [-0.25, -0.2) is 0 Å². The van der Waals surface area contributed by atoms with E-state index in [0.29, 0.717) is 12.3 Å². The molecule has 3 heterocycles. The van der Waals surface area contributed by atoms with Crippen molar-refractivity contribution in [2.45, 2.75) is 46.3 Å². The molecular weight excluding hydrogens is 665 g/mol. The van der Waals surface area contributed by atoms with Gasteiger partial charge in [0, 0.05) is 30.9 Å².